The predicted molar refractivity (Wildman–Crippen MR) is 156 cm³/mol. The zero-order valence-electron chi connectivity index (χ0n) is 23.1. The summed E-state index contributed by atoms with van der Waals surface area (Å²) in [5.41, 5.74) is 6.18. The fourth-order valence-electron chi connectivity index (χ4n) is 7.09. The van der Waals surface area contributed by atoms with E-state index in [2.05, 4.69) is 45.6 Å². The molecule has 2 fully saturated rings. The van der Waals surface area contributed by atoms with Gasteiger partial charge >= 0.3 is 5.97 Å². The van der Waals surface area contributed by atoms with Gasteiger partial charge in [-0.05, 0) is 62.0 Å². The average molecular weight is 529 g/mol. The zero-order valence-corrected chi connectivity index (χ0v) is 23.1. The van der Waals surface area contributed by atoms with Crippen molar-refractivity contribution in [3.63, 3.8) is 0 Å². The molecule has 0 unspecified atom stereocenters. The molecule has 206 valence electrons. The number of hydrogen-bond acceptors (Lipinski definition) is 4. The van der Waals surface area contributed by atoms with Crippen molar-refractivity contribution in [1.82, 2.24) is 14.4 Å². The van der Waals surface area contributed by atoms with Crippen LogP contribution in [0.15, 0.2) is 42.5 Å². The Balaban J connectivity index is 1.40. The van der Waals surface area contributed by atoms with Gasteiger partial charge in [-0.25, -0.2) is 4.79 Å². The molecule has 3 heterocycles. The number of hydrogen-bond donors (Lipinski definition) is 1. The van der Waals surface area contributed by atoms with Gasteiger partial charge in [0.15, 0.2) is 0 Å². The maximum Gasteiger partial charge on any atom is 0.335 e. The van der Waals surface area contributed by atoms with Crippen LogP contribution in [0.3, 0.4) is 0 Å². The first-order valence-corrected chi connectivity index (χ1v) is 14.8. The van der Waals surface area contributed by atoms with Crippen molar-refractivity contribution in [1.29, 1.82) is 0 Å². The van der Waals surface area contributed by atoms with Crippen LogP contribution in [0.2, 0.25) is 0 Å². The Bertz CT molecular complexity index is 1370. The minimum Gasteiger partial charge on any atom is -0.478 e. The van der Waals surface area contributed by atoms with Crippen molar-refractivity contribution in [2.45, 2.75) is 57.9 Å². The van der Waals surface area contributed by atoms with Crippen LogP contribution < -0.4 is 4.90 Å². The molecule has 39 heavy (non-hydrogen) atoms. The minimum atomic E-state index is -0.896. The quantitative estimate of drug-likeness (QED) is 0.478. The first kappa shape index (κ1) is 25.9. The fraction of sp³-hybridized carbons (Fsp3) is 0.500. The number of carbonyl (C=O) groups is 2. The molecule has 6 rings (SSSR count). The third-order valence-corrected chi connectivity index (χ3v) is 9.17. The Morgan fingerprint density at radius 2 is 1.72 bits per heavy atom. The van der Waals surface area contributed by atoms with Gasteiger partial charge in [0.1, 0.15) is 0 Å². The molecule has 1 aromatic heterocycles. The molecule has 0 spiro atoms. The number of nitrogens with zero attached hydrogens (tertiary/aromatic N) is 4. The van der Waals surface area contributed by atoms with E-state index in [4.69, 9.17) is 0 Å². The molecule has 3 aromatic rings. The maximum absolute atomic E-state index is 13.6. The van der Waals surface area contributed by atoms with Gasteiger partial charge < -0.3 is 24.4 Å². The number of amides is 1. The SMILES string of the molecule is CCN1CCCN(C(=O)CN2CCn3c(c(C4CCCCC4)c4ccc(C(=O)O)cc43)-c3ccccc32)CC1. The number of para-hydroxylation sites is 1. The van der Waals surface area contributed by atoms with Gasteiger partial charge in [0, 0.05) is 54.9 Å². The molecular formula is C32H40N4O3. The lowest BCUT2D eigenvalue weighted by Crippen LogP contribution is -2.43. The molecule has 1 amide bonds. The number of carboxylic acids is 1. The molecule has 0 atom stereocenters. The van der Waals surface area contributed by atoms with Gasteiger partial charge in [-0.15, -0.1) is 0 Å². The van der Waals surface area contributed by atoms with Crippen molar-refractivity contribution in [2.24, 2.45) is 0 Å². The van der Waals surface area contributed by atoms with E-state index in [0.29, 0.717) is 31.1 Å². The van der Waals surface area contributed by atoms with Crippen LogP contribution in [0, 0.1) is 0 Å². The van der Waals surface area contributed by atoms with Crippen molar-refractivity contribution >= 4 is 28.5 Å². The van der Waals surface area contributed by atoms with Crippen LogP contribution >= 0.6 is 0 Å². The number of aromatic nitrogens is 1. The van der Waals surface area contributed by atoms with E-state index < -0.39 is 5.97 Å². The summed E-state index contributed by atoms with van der Waals surface area (Å²) < 4.78 is 2.35. The summed E-state index contributed by atoms with van der Waals surface area (Å²) in [5, 5.41) is 11.0. The van der Waals surface area contributed by atoms with Crippen LogP contribution in [0.25, 0.3) is 22.2 Å². The normalized spacial score (nSPS) is 18.9. The van der Waals surface area contributed by atoms with Gasteiger partial charge in [-0.1, -0.05) is 50.5 Å². The largest absolute Gasteiger partial charge is 0.478 e. The van der Waals surface area contributed by atoms with E-state index in [1.807, 2.05) is 17.0 Å². The van der Waals surface area contributed by atoms with Crippen molar-refractivity contribution in [3.05, 3.63) is 53.6 Å². The van der Waals surface area contributed by atoms with E-state index in [0.717, 1.165) is 55.9 Å². The van der Waals surface area contributed by atoms with Crippen LogP contribution in [0.1, 0.15) is 67.3 Å². The van der Waals surface area contributed by atoms with Gasteiger partial charge in [0.2, 0.25) is 5.91 Å². The fourth-order valence-corrected chi connectivity index (χ4v) is 7.09. The number of anilines is 1. The van der Waals surface area contributed by atoms with Gasteiger partial charge in [-0.3, -0.25) is 4.79 Å². The number of rotatable bonds is 5. The van der Waals surface area contributed by atoms with E-state index >= 15 is 0 Å². The Morgan fingerprint density at radius 3 is 2.51 bits per heavy atom. The second-order valence-corrected chi connectivity index (χ2v) is 11.4. The molecule has 0 bridgehead atoms. The molecule has 1 aliphatic carbocycles. The average Bonchev–Trinajstić information content (AvgIpc) is 3.08. The summed E-state index contributed by atoms with van der Waals surface area (Å²) in [7, 11) is 0. The Morgan fingerprint density at radius 1 is 0.897 bits per heavy atom. The second kappa shape index (κ2) is 11.0. The molecule has 1 saturated heterocycles. The molecule has 7 nitrogen and oxygen atoms in total. The number of carboxylic acid groups (broad SMARTS) is 1. The summed E-state index contributed by atoms with van der Waals surface area (Å²) in [6.45, 7) is 8.60. The molecule has 0 radical (unpaired) electrons. The lowest BCUT2D eigenvalue weighted by atomic mass is 9.81. The predicted octanol–water partition coefficient (Wildman–Crippen LogP) is 5.43. The summed E-state index contributed by atoms with van der Waals surface area (Å²) in [6, 6.07) is 14.2. The molecule has 7 heteroatoms. The van der Waals surface area contributed by atoms with Crippen LogP contribution in [-0.4, -0.2) is 77.2 Å². The van der Waals surface area contributed by atoms with Gasteiger partial charge in [-0.2, -0.15) is 0 Å². The highest BCUT2D eigenvalue weighted by Gasteiger charge is 2.31. The molecule has 3 aliphatic rings. The van der Waals surface area contributed by atoms with Gasteiger partial charge in [0.25, 0.3) is 0 Å². The smallest absolute Gasteiger partial charge is 0.335 e. The summed E-state index contributed by atoms with van der Waals surface area (Å²) in [4.78, 5) is 32.2. The monoisotopic (exact) mass is 528 g/mol. The van der Waals surface area contributed by atoms with E-state index in [9.17, 15) is 14.7 Å². The highest BCUT2D eigenvalue weighted by Crippen LogP contribution is 2.47. The van der Waals surface area contributed by atoms with E-state index in [1.165, 1.54) is 48.7 Å². The molecular weight excluding hydrogens is 488 g/mol. The summed E-state index contributed by atoms with van der Waals surface area (Å²) >= 11 is 0. The van der Waals surface area contributed by atoms with E-state index in [-0.39, 0.29) is 5.91 Å². The first-order valence-electron chi connectivity index (χ1n) is 14.8. The van der Waals surface area contributed by atoms with Crippen LogP contribution in [-0.2, 0) is 11.3 Å². The molecule has 2 aliphatic heterocycles. The zero-order chi connectivity index (χ0) is 26.9. The Kier molecular flexibility index (Phi) is 7.34. The Hall–Kier alpha value is -3.32. The number of fused-ring (bicyclic) bond motifs is 5. The summed E-state index contributed by atoms with van der Waals surface area (Å²) in [6.07, 6.45) is 7.10. The van der Waals surface area contributed by atoms with Crippen molar-refractivity contribution in [3.8, 4) is 11.3 Å². The maximum atomic E-state index is 13.6. The van der Waals surface area contributed by atoms with Crippen molar-refractivity contribution in [2.75, 3.05) is 50.7 Å². The summed E-state index contributed by atoms with van der Waals surface area (Å²) in [5.74, 6) is -0.236. The van der Waals surface area contributed by atoms with E-state index in [1.54, 1.807) is 6.07 Å². The molecule has 1 saturated carbocycles. The highest BCUT2D eigenvalue weighted by atomic mass is 16.4. The third kappa shape index (κ3) is 4.93. The number of carbonyl (C=O) groups excluding carboxylic acids is 1. The van der Waals surface area contributed by atoms with Crippen LogP contribution in [0.4, 0.5) is 5.69 Å². The van der Waals surface area contributed by atoms with Gasteiger partial charge in [0.05, 0.1) is 17.8 Å². The first-order chi connectivity index (χ1) is 19.0. The second-order valence-electron chi connectivity index (χ2n) is 11.4. The Labute approximate surface area is 231 Å². The number of aromatic carboxylic acids is 1. The standard InChI is InChI=1S/C32H40N4O3/c1-2-33-15-8-16-34(18-17-33)29(37)22-35-19-20-36-28-21-24(32(38)39)13-14-25(28)30(23-9-4-3-5-10-23)31(36)26-11-6-7-12-27(26)35/h6-7,11-14,21,23H,2-5,8-10,15-20,22H2,1H3,(H,38,39). The van der Waals surface area contributed by atoms with Crippen molar-refractivity contribution < 1.29 is 14.7 Å². The number of benzene rings is 2. The highest BCUT2D eigenvalue weighted by molar-refractivity contribution is 6.00. The van der Waals surface area contributed by atoms with Crippen LogP contribution in [0.5, 0.6) is 0 Å². The number of likely N-dealkylation sites (N-methyl/N-ethyl adjacent to an activating group) is 1. The minimum absolute atomic E-state index is 0.194. The molecule has 2 aromatic carbocycles. The lowest BCUT2D eigenvalue weighted by molar-refractivity contribution is -0.129. The third-order valence-electron chi connectivity index (χ3n) is 9.17. The topological polar surface area (TPSA) is 69.0 Å². The molecule has 1 N–H and O–H groups in total. The lowest BCUT2D eigenvalue weighted by Gasteiger charge is -2.28.